The van der Waals surface area contributed by atoms with Gasteiger partial charge in [-0.15, -0.1) is 0 Å². The summed E-state index contributed by atoms with van der Waals surface area (Å²) in [5.41, 5.74) is 0.178. The van der Waals surface area contributed by atoms with Gasteiger partial charge in [0.15, 0.2) is 5.78 Å². The Morgan fingerprint density at radius 1 is 1.54 bits per heavy atom. The van der Waals surface area contributed by atoms with E-state index >= 15 is 0 Å². The predicted molar refractivity (Wildman–Crippen MR) is 47.4 cm³/mol. The maximum absolute atomic E-state index is 13.3. The van der Waals surface area contributed by atoms with Crippen molar-refractivity contribution in [3.8, 4) is 5.75 Å². The highest BCUT2D eigenvalue weighted by molar-refractivity contribution is 5.96. The number of rotatable bonds is 2. The summed E-state index contributed by atoms with van der Waals surface area (Å²) in [5.74, 6) is -0.988. The number of phenolic OH excluding ortho intramolecular Hbond substituents is 1. The highest BCUT2D eigenvalue weighted by atomic mass is 19.1. The van der Waals surface area contributed by atoms with Gasteiger partial charge in [-0.3, -0.25) is 4.79 Å². The van der Waals surface area contributed by atoms with Crippen molar-refractivity contribution in [1.82, 2.24) is 0 Å². The van der Waals surface area contributed by atoms with Crippen LogP contribution in [-0.4, -0.2) is 10.9 Å². The smallest absolute Gasteiger partial charge is 0.165 e. The Balaban J connectivity index is 3.26. The molecule has 2 nitrogen and oxygen atoms in total. The Bertz CT molecular complexity index is 345. The van der Waals surface area contributed by atoms with E-state index in [1.807, 2.05) is 0 Å². The normalized spacial score (nSPS) is 10.1. The van der Waals surface area contributed by atoms with E-state index in [0.29, 0.717) is 0 Å². The van der Waals surface area contributed by atoms with E-state index in [1.165, 1.54) is 19.1 Å². The molecule has 0 amide bonds. The third kappa shape index (κ3) is 1.69. The van der Waals surface area contributed by atoms with Crippen LogP contribution in [0.5, 0.6) is 5.75 Å². The van der Waals surface area contributed by atoms with Crippen molar-refractivity contribution in [2.24, 2.45) is 0 Å². The largest absolute Gasteiger partial charge is 0.508 e. The van der Waals surface area contributed by atoms with Crippen molar-refractivity contribution in [1.29, 1.82) is 0 Å². The van der Waals surface area contributed by atoms with Crippen LogP contribution < -0.4 is 0 Å². The van der Waals surface area contributed by atoms with Crippen LogP contribution in [0.4, 0.5) is 4.39 Å². The molecule has 0 heterocycles. The van der Waals surface area contributed by atoms with E-state index in [-0.39, 0.29) is 29.1 Å². The molecule has 0 aromatic heterocycles. The topological polar surface area (TPSA) is 37.3 Å². The lowest BCUT2D eigenvalue weighted by molar-refractivity contribution is 0.0984. The Labute approximate surface area is 76.0 Å². The summed E-state index contributed by atoms with van der Waals surface area (Å²) in [6.45, 7) is 3.11. The summed E-state index contributed by atoms with van der Waals surface area (Å²) in [7, 11) is 0. The molecule has 0 saturated carbocycles. The van der Waals surface area contributed by atoms with E-state index < -0.39 is 5.82 Å². The molecular formula is C10H11FO2. The maximum Gasteiger partial charge on any atom is 0.165 e. The number of aromatic hydroxyl groups is 1. The molecule has 3 heteroatoms. The number of Topliss-reactive ketones (excluding diaryl/α,β-unsaturated/α-hetero) is 1. The van der Waals surface area contributed by atoms with Crippen LogP contribution in [0, 0.1) is 12.7 Å². The fraction of sp³-hybridized carbons (Fsp3) is 0.300. The second-order valence-electron chi connectivity index (χ2n) is 2.85. The van der Waals surface area contributed by atoms with Crippen molar-refractivity contribution in [3.63, 3.8) is 0 Å². The van der Waals surface area contributed by atoms with Gasteiger partial charge in [0, 0.05) is 12.0 Å². The van der Waals surface area contributed by atoms with Gasteiger partial charge in [0.25, 0.3) is 0 Å². The fourth-order valence-electron chi connectivity index (χ4n) is 1.08. The second-order valence-corrected chi connectivity index (χ2v) is 2.85. The lowest BCUT2D eigenvalue weighted by atomic mass is 10.0. The van der Waals surface area contributed by atoms with E-state index in [2.05, 4.69) is 0 Å². The molecule has 0 aliphatic rings. The quantitative estimate of drug-likeness (QED) is 0.713. The number of carbonyl (C=O) groups excluding carboxylic acids is 1. The molecule has 0 unspecified atom stereocenters. The Morgan fingerprint density at radius 2 is 2.15 bits per heavy atom. The number of hydrogen-bond donors (Lipinski definition) is 1. The SMILES string of the molecule is CCC(=O)c1ccc(O)c(C)c1F. The first-order chi connectivity index (χ1) is 6.07. The molecule has 0 saturated heterocycles. The van der Waals surface area contributed by atoms with Crippen molar-refractivity contribution in [2.75, 3.05) is 0 Å². The first-order valence-electron chi connectivity index (χ1n) is 4.09. The Morgan fingerprint density at radius 3 is 2.69 bits per heavy atom. The second kappa shape index (κ2) is 3.56. The van der Waals surface area contributed by atoms with Gasteiger partial charge < -0.3 is 5.11 Å². The summed E-state index contributed by atoms with van der Waals surface area (Å²) in [5, 5.41) is 9.13. The average Bonchev–Trinajstić information content (AvgIpc) is 2.13. The predicted octanol–water partition coefficient (Wildman–Crippen LogP) is 2.43. The van der Waals surface area contributed by atoms with E-state index in [9.17, 15) is 9.18 Å². The summed E-state index contributed by atoms with van der Waals surface area (Å²) in [6, 6.07) is 2.64. The fourth-order valence-corrected chi connectivity index (χ4v) is 1.08. The standard InChI is InChI=1S/C10H11FO2/c1-3-8(12)7-4-5-9(13)6(2)10(7)11/h4-5,13H,3H2,1-2H3. The molecule has 0 bridgehead atoms. The molecule has 1 rings (SSSR count). The molecule has 1 aromatic carbocycles. The van der Waals surface area contributed by atoms with Crippen molar-refractivity contribution in [2.45, 2.75) is 20.3 Å². The minimum atomic E-state index is -0.619. The molecule has 0 aliphatic carbocycles. The summed E-state index contributed by atoms with van der Waals surface area (Å²) in [6.07, 6.45) is 0.265. The highest BCUT2D eigenvalue weighted by Gasteiger charge is 2.13. The van der Waals surface area contributed by atoms with Gasteiger partial charge in [-0.25, -0.2) is 4.39 Å². The monoisotopic (exact) mass is 182 g/mol. The van der Waals surface area contributed by atoms with Crippen LogP contribution >= 0.6 is 0 Å². The number of halogens is 1. The van der Waals surface area contributed by atoms with Crippen molar-refractivity contribution < 1.29 is 14.3 Å². The number of ketones is 1. The van der Waals surface area contributed by atoms with Gasteiger partial charge in [-0.1, -0.05) is 6.92 Å². The molecule has 1 N–H and O–H groups in total. The first-order valence-corrected chi connectivity index (χ1v) is 4.09. The Kier molecular flexibility index (Phi) is 2.66. The van der Waals surface area contributed by atoms with Crippen molar-refractivity contribution >= 4 is 5.78 Å². The van der Waals surface area contributed by atoms with Crippen LogP contribution in [0.2, 0.25) is 0 Å². The molecule has 0 aliphatic heterocycles. The number of hydrogen-bond acceptors (Lipinski definition) is 2. The first kappa shape index (κ1) is 9.71. The van der Waals surface area contributed by atoms with Crippen LogP contribution in [0.1, 0.15) is 29.3 Å². The lowest BCUT2D eigenvalue weighted by Crippen LogP contribution is -2.01. The van der Waals surface area contributed by atoms with Crippen LogP contribution in [0.15, 0.2) is 12.1 Å². The van der Waals surface area contributed by atoms with Gasteiger partial charge >= 0.3 is 0 Å². The molecule has 0 atom stereocenters. The summed E-state index contributed by atoms with van der Waals surface area (Å²) in [4.78, 5) is 11.2. The zero-order chi connectivity index (χ0) is 10.0. The molecule has 70 valence electrons. The summed E-state index contributed by atoms with van der Waals surface area (Å²) < 4.78 is 13.3. The minimum Gasteiger partial charge on any atom is -0.508 e. The molecule has 0 fully saturated rings. The highest BCUT2D eigenvalue weighted by Crippen LogP contribution is 2.22. The zero-order valence-electron chi connectivity index (χ0n) is 7.60. The minimum absolute atomic E-state index is 0.0535. The molecule has 0 radical (unpaired) electrons. The van der Waals surface area contributed by atoms with Crippen LogP contribution in [-0.2, 0) is 0 Å². The number of phenols is 1. The molecule has 1 aromatic rings. The van der Waals surface area contributed by atoms with Gasteiger partial charge in [-0.2, -0.15) is 0 Å². The van der Waals surface area contributed by atoms with Gasteiger partial charge in [-0.05, 0) is 19.1 Å². The lowest BCUT2D eigenvalue weighted by Gasteiger charge is -2.04. The van der Waals surface area contributed by atoms with Gasteiger partial charge in [0.2, 0.25) is 0 Å². The summed E-state index contributed by atoms with van der Waals surface area (Å²) >= 11 is 0. The third-order valence-electron chi connectivity index (χ3n) is 1.98. The van der Waals surface area contributed by atoms with Crippen LogP contribution in [0.25, 0.3) is 0 Å². The zero-order valence-corrected chi connectivity index (χ0v) is 7.60. The number of benzene rings is 1. The molecular weight excluding hydrogens is 171 g/mol. The van der Waals surface area contributed by atoms with E-state index in [4.69, 9.17) is 5.11 Å². The van der Waals surface area contributed by atoms with Crippen molar-refractivity contribution in [3.05, 3.63) is 29.1 Å². The van der Waals surface area contributed by atoms with Gasteiger partial charge in [0.05, 0.1) is 5.56 Å². The van der Waals surface area contributed by atoms with Crippen LogP contribution in [0.3, 0.4) is 0 Å². The molecule has 0 spiro atoms. The van der Waals surface area contributed by atoms with E-state index in [1.54, 1.807) is 6.92 Å². The average molecular weight is 182 g/mol. The van der Waals surface area contributed by atoms with Gasteiger partial charge in [0.1, 0.15) is 11.6 Å². The number of carbonyl (C=O) groups is 1. The molecule has 13 heavy (non-hydrogen) atoms. The van der Waals surface area contributed by atoms with E-state index in [0.717, 1.165) is 0 Å². The third-order valence-corrected chi connectivity index (χ3v) is 1.98. The maximum atomic E-state index is 13.3. The Hall–Kier alpha value is -1.38.